The van der Waals surface area contributed by atoms with E-state index in [9.17, 15) is 14.0 Å². The van der Waals surface area contributed by atoms with Crippen LogP contribution < -0.4 is 0 Å². The fourth-order valence-electron chi connectivity index (χ4n) is 2.70. The third-order valence-corrected chi connectivity index (χ3v) is 5.79. The Bertz CT molecular complexity index is 621. The molecule has 1 heterocycles. The van der Waals surface area contributed by atoms with E-state index in [1.54, 1.807) is 16.7 Å². The molecule has 1 saturated heterocycles. The highest BCUT2D eigenvalue weighted by Crippen LogP contribution is 2.21. The Labute approximate surface area is 157 Å². The van der Waals surface area contributed by atoms with Gasteiger partial charge in [-0.25, -0.2) is 4.39 Å². The molecular formula is C18H24ClFN2O2S. The first-order valence-corrected chi connectivity index (χ1v) is 10.0. The van der Waals surface area contributed by atoms with Gasteiger partial charge in [-0.15, -0.1) is 11.8 Å². The maximum absolute atomic E-state index is 13.1. The summed E-state index contributed by atoms with van der Waals surface area (Å²) in [6.45, 7) is 6.04. The molecule has 2 rings (SSSR count). The number of nitrogens with zero attached hydrogens (tertiary/aromatic N) is 2. The van der Waals surface area contributed by atoms with Gasteiger partial charge in [0, 0.05) is 26.2 Å². The molecule has 0 saturated carbocycles. The Morgan fingerprint density at radius 1 is 1.24 bits per heavy atom. The van der Waals surface area contributed by atoms with Crippen molar-refractivity contribution < 1.29 is 14.0 Å². The van der Waals surface area contributed by atoms with Crippen molar-refractivity contribution in [2.75, 3.05) is 31.9 Å². The number of halogens is 2. The number of carbonyl (C=O) groups is 2. The molecule has 1 aliphatic rings. The predicted octanol–water partition coefficient (Wildman–Crippen LogP) is 3.69. The van der Waals surface area contributed by atoms with E-state index in [-0.39, 0.29) is 22.1 Å². The molecule has 2 amide bonds. The van der Waals surface area contributed by atoms with Crippen LogP contribution in [0.15, 0.2) is 18.2 Å². The van der Waals surface area contributed by atoms with E-state index in [2.05, 4.69) is 6.92 Å². The SMILES string of the molecule is CCCCSC(C)C(=O)N1CCN(C(=O)c2ccc(F)cc2Cl)CC1. The molecule has 1 aromatic carbocycles. The zero-order valence-corrected chi connectivity index (χ0v) is 16.2. The maximum atomic E-state index is 13.1. The summed E-state index contributed by atoms with van der Waals surface area (Å²) in [5, 5.41) is 0.0600. The average molecular weight is 387 g/mol. The summed E-state index contributed by atoms with van der Waals surface area (Å²) in [6, 6.07) is 3.78. The second-order valence-electron chi connectivity index (χ2n) is 6.11. The highest BCUT2D eigenvalue weighted by atomic mass is 35.5. The van der Waals surface area contributed by atoms with Gasteiger partial charge in [0.1, 0.15) is 5.82 Å². The molecule has 1 aromatic rings. The molecule has 1 atom stereocenters. The summed E-state index contributed by atoms with van der Waals surface area (Å²) in [7, 11) is 0. The quantitative estimate of drug-likeness (QED) is 0.700. The minimum Gasteiger partial charge on any atom is -0.338 e. The zero-order valence-electron chi connectivity index (χ0n) is 14.6. The van der Waals surface area contributed by atoms with Crippen LogP contribution in [0, 0.1) is 5.82 Å². The zero-order chi connectivity index (χ0) is 18.4. The van der Waals surface area contributed by atoms with E-state index in [0.29, 0.717) is 31.7 Å². The molecule has 0 aliphatic carbocycles. The van der Waals surface area contributed by atoms with Gasteiger partial charge in [0.2, 0.25) is 5.91 Å². The Hall–Kier alpha value is -1.27. The van der Waals surface area contributed by atoms with Crippen LogP contribution in [-0.4, -0.2) is 58.8 Å². The van der Waals surface area contributed by atoms with Crippen LogP contribution in [0.25, 0.3) is 0 Å². The van der Waals surface area contributed by atoms with Gasteiger partial charge >= 0.3 is 0 Å². The lowest BCUT2D eigenvalue weighted by Gasteiger charge is -2.36. The van der Waals surface area contributed by atoms with Crippen LogP contribution in [0.4, 0.5) is 4.39 Å². The van der Waals surface area contributed by atoms with E-state index in [1.165, 1.54) is 12.1 Å². The average Bonchev–Trinajstić information content (AvgIpc) is 2.61. The highest BCUT2D eigenvalue weighted by Gasteiger charge is 2.28. The number of piperazine rings is 1. The second-order valence-corrected chi connectivity index (χ2v) is 7.96. The summed E-state index contributed by atoms with van der Waals surface area (Å²) in [4.78, 5) is 28.5. The first-order chi connectivity index (χ1) is 11.9. The number of amides is 2. The van der Waals surface area contributed by atoms with Crippen LogP contribution in [0.5, 0.6) is 0 Å². The molecule has 0 N–H and O–H groups in total. The van der Waals surface area contributed by atoms with Gasteiger partial charge in [0.15, 0.2) is 0 Å². The van der Waals surface area contributed by atoms with Crippen LogP contribution in [0.2, 0.25) is 5.02 Å². The standard InChI is InChI=1S/C18H24ClFN2O2S/c1-3-4-11-25-13(2)17(23)21-7-9-22(10-8-21)18(24)15-6-5-14(20)12-16(15)19/h5-6,12-13H,3-4,7-11H2,1-2H3. The second kappa shape index (κ2) is 9.43. The van der Waals surface area contributed by atoms with Crippen LogP contribution in [-0.2, 0) is 4.79 Å². The Morgan fingerprint density at radius 2 is 1.88 bits per heavy atom. The van der Waals surface area contributed by atoms with Gasteiger partial charge in [-0.3, -0.25) is 9.59 Å². The number of thioether (sulfide) groups is 1. The molecule has 1 unspecified atom stereocenters. The van der Waals surface area contributed by atoms with E-state index in [1.807, 2.05) is 11.8 Å². The van der Waals surface area contributed by atoms with E-state index in [4.69, 9.17) is 11.6 Å². The Kier molecular flexibility index (Phi) is 7.56. The summed E-state index contributed by atoms with van der Waals surface area (Å²) in [6.07, 6.45) is 2.24. The minimum atomic E-state index is -0.466. The largest absolute Gasteiger partial charge is 0.338 e. The molecule has 1 aliphatic heterocycles. The van der Waals surface area contributed by atoms with Gasteiger partial charge in [-0.05, 0) is 37.3 Å². The molecule has 0 aromatic heterocycles. The number of unbranched alkanes of at least 4 members (excludes halogenated alkanes) is 1. The molecular weight excluding hydrogens is 363 g/mol. The lowest BCUT2D eigenvalue weighted by molar-refractivity contribution is -0.131. The number of carbonyl (C=O) groups excluding carboxylic acids is 2. The predicted molar refractivity (Wildman–Crippen MR) is 101 cm³/mol. The minimum absolute atomic E-state index is 0.0552. The Balaban J connectivity index is 1.88. The topological polar surface area (TPSA) is 40.6 Å². The smallest absolute Gasteiger partial charge is 0.255 e. The van der Waals surface area contributed by atoms with Crippen LogP contribution >= 0.6 is 23.4 Å². The molecule has 0 radical (unpaired) electrons. The van der Waals surface area contributed by atoms with Gasteiger partial charge in [0.05, 0.1) is 15.8 Å². The van der Waals surface area contributed by atoms with Gasteiger partial charge in [-0.1, -0.05) is 24.9 Å². The number of hydrogen-bond donors (Lipinski definition) is 0. The first kappa shape index (κ1) is 20.0. The fourth-order valence-corrected chi connectivity index (χ4v) is 4.04. The van der Waals surface area contributed by atoms with Crippen molar-refractivity contribution in [3.63, 3.8) is 0 Å². The first-order valence-electron chi connectivity index (χ1n) is 8.58. The number of rotatable bonds is 6. The molecule has 25 heavy (non-hydrogen) atoms. The van der Waals surface area contributed by atoms with Crippen LogP contribution in [0.1, 0.15) is 37.0 Å². The third-order valence-electron chi connectivity index (χ3n) is 4.25. The fraction of sp³-hybridized carbons (Fsp3) is 0.556. The van der Waals surface area contributed by atoms with Crippen molar-refractivity contribution in [1.82, 2.24) is 9.80 Å². The summed E-state index contributed by atoms with van der Waals surface area (Å²) in [5.74, 6) is 0.437. The van der Waals surface area contributed by atoms with E-state index >= 15 is 0 Å². The van der Waals surface area contributed by atoms with Crippen molar-refractivity contribution >= 4 is 35.2 Å². The monoisotopic (exact) mass is 386 g/mol. The normalized spacial score (nSPS) is 16.0. The molecule has 1 fully saturated rings. The van der Waals surface area contributed by atoms with E-state index < -0.39 is 5.82 Å². The van der Waals surface area contributed by atoms with Crippen LogP contribution in [0.3, 0.4) is 0 Å². The van der Waals surface area contributed by atoms with Crippen molar-refractivity contribution in [3.8, 4) is 0 Å². The third kappa shape index (κ3) is 5.35. The maximum Gasteiger partial charge on any atom is 0.255 e. The van der Waals surface area contributed by atoms with Crippen molar-refractivity contribution in [1.29, 1.82) is 0 Å². The lowest BCUT2D eigenvalue weighted by atomic mass is 10.1. The van der Waals surface area contributed by atoms with Gasteiger partial charge in [0.25, 0.3) is 5.91 Å². The highest BCUT2D eigenvalue weighted by molar-refractivity contribution is 8.00. The number of benzene rings is 1. The molecule has 0 spiro atoms. The summed E-state index contributed by atoms with van der Waals surface area (Å²) in [5.41, 5.74) is 0.298. The lowest BCUT2D eigenvalue weighted by Crippen LogP contribution is -2.52. The molecule has 0 bridgehead atoms. The summed E-state index contributed by atoms with van der Waals surface area (Å²) >= 11 is 7.66. The molecule has 4 nitrogen and oxygen atoms in total. The van der Waals surface area contributed by atoms with Gasteiger partial charge < -0.3 is 9.80 Å². The van der Waals surface area contributed by atoms with Crippen molar-refractivity contribution in [2.24, 2.45) is 0 Å². The van der Waals surface area contributed by atoms with Crippen molar-refractivity contribution in [3.05, 3.63) is 34.6 Å². The van der Waals surface area contributed by atoms with Crippen molar-refractivity contribution in [2.45, 2.75) is 31.9 Å². The summed E-state index contributed by atoms with van der Waals surface area (Å²) < 4.78 is 13.1. The number of hydrogen-bond acceptors (Lipinski definition) is 3. The Morgan fingerprint density at radius 3 is 2.48 bits per heavy atom. The molecule has 138 valence electrons. The molecule has 7 heteroatoms. The van der Waals surface area contributed by atoms with Gasteiger partial charge in [-0.2, -0.15) is 0 Å². The van der Waals surface area contributed by atoms with E-state index in [0.717, 1.165) is 24.7 Å².